The maximum Gasteiger partial charge on any atom is 0.361 e. The molecule has 0 aliphatic rings. The standard InChI is InChI=1S/C19H18ClN3O3/c1-14-18(19(24)26-13-15-7-3-2-4-8-15)21-22-23(14)11-12-25-17-10-6-5-9-16(17)20/h2-10H,11-13H2,1H3. The van der Waals surface area contributed by atoms with E-state index >= 15 is 0 Å². The zero-order valence-corrected chi connectivity index (χ0v) is 15.0. The van der Waals surface area contributed by atoms with E-state index in [1.807, 2.05) is 42.5 Å². The van der Waals surface area contributed by atoms with Gasteiger partial charge in [-0.1, -0.05) is 59.3 Å². The van der Waals surface area contributed by atoms with Gasteiger partial charge in [-0.25, -0.2) is 9.48 Å². The number of carbonyl (C=O) groups excluding carboxylic acids is 1. The monoisotopic (exact) mass is 371 g/mol. The quantitative estimate of drug-likeness (QED) is 0.593. The average molecular weight is 372 g/mol. The number of para-hydroxylation sites is 1. The van der Waals surface area contributed by atoms with Crippen LogP contribution in [-0.2, 0) is 17.9 Å². The van der Waals surface area contributed by atoms with E-state index in [0.717, 1.165) is 5.56 Å². The van der Waals surface area contributed by atoms with E-state index in [-0.39, 0.29) is 12.3 Å². The Morgan fingerprint density at radius 1 is 1.12 bits per heavy atom. The van der Waals surface area contributed by atoms with Crippen molar-refractivity contribution in [1.29, 1.82) is 0 Å². The summed E-state index contributed by atoms with van der Waals surface area (Å²) in [6, 6.07) is 16.7. The van der Waals surface area contributed by atoms with Gasteiger partial charge in [0.25, 0.3) is 0 Å². The highest BCUT2D eigenvalue weighted by molar-refractivity contribution is 6.32. The first-order chi connectivity index (χ1) is 12.6. The van der Waals surface area contributed by atoms with E-state index in [9.17, 15) is 4.79 Å². The lowest BCUT2D eigenvalue weighted by atomic mass is 10.2. The molecule has 0 saturated heterocycles. The number of rotatable bonds is 7. The molecule has 3 aromatic rings. The first-order valence-electron chi connectivity index (χ1n) is 8.13. The van der Waals surface area contributed by atoms with Gasteiger partial charge in [-0.15, -0.1) is 5.10 Å². The second kappa shape index (κ2) is 8.49. The number of esters is 1. The van der Waals surface area contributed by atoms with Crippen molar-refractivity contribution in [2.45, 2.75) is 20.1 Å². The van der Waals surface area contributed by atoms with Gasteiger partial charge in [0, 0.05) is 0 Å². The number of hydrogen-bond acceptors (Lipinski definition) is 5. The number of benzene rings is 2. The zero-order chi connectivity index (χ0) is 18.4. The van der Waals surface area contributed by atoms with Crippen LogP contribution in [-0.4, -0.2) is 27.6 Å². The minimum atomic E-state index is -0.496. The molecule has 6 nitrogen and oxygen atoms in total. The molecule has 0 fully saturated rings. The number of ether oxygens (including phenoxy) is 2. The van der Waals surface area contributed by atoms with Gasteiger partial charge in [0.05, 0.1) is 17.3 Å². The fraction of sp³-hybridized carbons (Fsp3) is 0.211. The molecular formula is C19H18ClN3O3. The van der Waals surface area contributed by atoms with Gasteiger partial charge >= 0.3 is 5.97 Å². The van der Waals surface area contributed by atoms with Gasteiger partial charge in [-0.3, -0.25) is 0 Å². The fourth-order valence-electron chi connectivity index (χ4n) is 2.36. The van der Waals surface area contributed by atoms with Gasteiger partial charge in [-0.2, -0.15) is 0 Å². The molecule has 0 bridgehead atoms. The maximum atomic E-state index is 12.2. The summed E-state index contributed by atoms with van der Waals surface area (Å²) >= 11 is 6.05. The van der Waals surface area contributed by atoms with E-state index in [4.69, 9.17) is 21.1 Å². The molecule has 0 saturated carbocycles. The van der Waals surface area contributed by atoms with Crippen molar-refractivity contribution in [3.63, 3.8) is 0 Å². The predicted octanol–water partition coefficient (Wildman–Crippen LogP) is 3.68. The molecule has 0 amide bonds. The van der Waals surface area contributed by atoms with E-state index in [1.54, 1.807) is 23.7 Å². The maximum absolute atomic E-state index is 12.2. The van der Waals surface area contributed by atoms with Crippen molar-refractivity contribution < 1.29 is 14.3 Å². The van der Waals surface area contributed by atoms with Crippen molar-refractivity contribution in [3.05, 3.63) is 76.6 Å². The smallest absolute Gasteiger partial charge is 0.361 e. The van der Waals surface area contributed by atoms with Crippen LogP contribution in [0, 0.1) is 6.92 Å². The molecule has 26 heavy (non-hydrogen) atoms. The third kappa shape index (κ3) is 4.40. The lowest BCUT2D eigenvalue weighted by Crippen LogP contribution is -2.12. The number of carbonyl (C=O) groups is 1. The highest BCUT2D eigenvalue weighted by Gasteiger charge is 2.18. The summed E-state index contributed by atoms with van der Waals surface area (Å²) in [5.41, 5.74) is 1.75. The van der Waals surface area contributed by atoms with Crippen LogP contribution in [0.2, 0.25) is 5.02 Å². The van der Waals surface area contributed by atoms with E-state index < -0.39 is 5.97 Å². The van der Waals surface area contributed by atoms with E-state index in [1.165, 1.54) is 0 Å². The predicted molar refractivity (Wildman–Crippen MR) is 97.3 cm³/mol. The Hall–Kier alpha value is -2.86. The normalized spacial score (nSPS) is 10.5. The molecule has 0 atom stereocenters. The van der Waals surface area contributed by atoms with Gasteiger partial charge < -0.3 is 9.47 Å². The molecule has 134 valence electrons. The van der Waals surface area contributed by atoms with Crippen LogP contribution in [0.25, 0.3) is 0 Å². The molecular weight excluding hydrogens is 354 g/mol. The minimum Gasteiger partial charge on any atom is -0.490 e. The van der Waals surface area contributed by atoms with Crippen molar-refractivity contribution in [1.82, 2.24) is 15.0 Å². The van der Waals surface area contributed by atoms with E-state index in [0.29, 0.717) is 29.6 Å². The summed E-state index contributed by atoms with van der Waals surface area (Å²) in [7, 11) is 0. The SMILES string of the molecule is Cc1c(C(=O)OCc2ccccc2)nnn1CCOc1ccccc1Cl. The number of halogens is 1. The molecule has 0 unspecified atom stereocenters. The van der Waals surface area contributed by atoms with E-state index in [2.05, 4.69) is 10.3 Å². The topological polar surface area (TPSA) is 66.2 Å². The average Bonchev–Trinajstić information content (AvgIpc) is 3.03. The number of hydrogen-bond donors (Lipinski definition) is 0. The summed E-state index contributed by atoms with van der Waals surface area (Å²) in [5.74, 6) is 0.110. The molecule has 0 spiro atoms. The van der Waals surface area contributed by atoms with Crippen LogP contribution >= 0.6 is 11.6 Å². The van der Waals surface area contributed by atoms with Gasteiger partial charge in [0.2, 0.25) is 0 Å². The summed E-state index contributed by atoms with van der Waals surface area (Å²) in [4.78, 5) is 12.2. The lowest BCUT2D eigenvalue weighted by Gasteiger charge is -2.08. The van der Waals surface area contributed by atoms with Crippen molar-refractivity contribution >= 4 is 17.6 Å². The number of nitrogens with zero attached hydrogens (tertiary/aromatic N) is 3. The Morgan fingerprint density at radius 3 is 2.62 bits per heavy atom. The van der Waals surface area contributed by atoms with Crippen LogP contribution in [0.1, 0.15) is 21.7 Å². The Bertz CT molecular complexity index is 881. The van der Waals surface area contributed by atoms with Crippen LogP contribution in [0.4, 0.5) is 0 Å². The summed E-state index contributed by atoms with van der Waals surface area (Å²) < 4.78 is 12.5. The second-order valence-electron chi connectivity index (χ2n) is 5.59. The van der Waals surface area contributed by atoms with Gasteiger partial charge in [-0.05, 0) is 24.6 Å². The summed E-state index contributed by atoms with van der Waals surface area (Å²) in [5, 5.41) is 8.48. The third-order valence-corrected chi connectivity index (χ3v) is 4.10. The Morgan fingerprint density at radius 2 is 1.85 bits per heavy atom. The Kier molecular flexibility index (Phi) is 5.86. The zero-order valence-electron chi connectivity index (χ0n) is 14.3. The largest absolute Gasteiger partial charge is 0.490 e. The molecule has 0 aliphatic heterocycles. The molecule has 1 aromatic heterocycles. The van der Waals surface area contributed by atoms with Crippen LogP contribution in [0.5, 0.6) is 5.75 Å². The molecule has 2 aromatic carbocycles. The first kappa shape index (κ1) is 17.9. The minimum absolute atomic E-state index is 0.196. The van der Waals surface area contributed by atoms with Crippen LogP contribution < -0.4 is 4.74 Å². The molecule has 7 heteroatoms. The molecule has 0 N–H and O–H groups in total. The van der Waals surface area contributed by atoms with Crippen molar-refractivity contribution in [3.8, 4) is 5.75 Å². The molecule has 3 rings (SSSR count). The van der Waals surface area contributed by atoms with Crippen LogP contribution in [0.15, 0.2) is 54.6 Å². The first-order valence-corrected chi connectivity index (χ1v) is 8.51. The van der Waals surface area contributed by atoms with Crippen LogP contribution in [0.3, 0.4) is 0 Å². The van der Waals surface area contributed by atoms with Gasteiger partial charge in [0.1, 0.15) is 19.0 Å². The molecule has 0 aliphatic carbocycles. The fourth-order valence-corrected chi connectivity index (χ4v) is 2.55. The third-order valence-electron chi connectivity index (χ3n) is 3.79. The Balaban J connectivity index is 1.55. The summed E-state index contributed by atoms with van der Waals surface area (Å²) in [6.07, 6.45) is 0. The van der Waals surface area contributed by atoms with Crippen molar-refractivity contribution in [2.24, 2.45) is 0 Å². The Labute approximate surface area is 156 Å². The molecule has 1 heterocycles. The number of aromatic nitrogens is 3. The second-order valence-corrected chi connectivity index (χ2v) is 5.99. The highest BCUT2D eigenvalue weighted by Crippen LogP contribution is 2.23. The lowest BCUT2D eigenvalue weighted by molar-refractivity contribution is 0.0464. The summed E-state index contributed by atoms with van der Waals surface area (Å²) in [6.45, 7) is 2.76. The van der Waals surface area contributed by atoms with Gasteiger partial charge in [0.15, 0.2) is 5.69 Å². The van der Waals surface area contributed by atoms with Crippen molar-refractivity contribution in [2.75, 3.05) is 6.61 Å². The molecule has 0 radical (unpaired) electrons. The highest BCUT2D eigenvalue weighted by atomic mass is 35.5.